The zero-order valence-electron chi connectivity index (χ0n) is 14.5. The van der Waals surface area contributed by atoms with E-state index in [0.717, 1.165) is 32.1 Å². The van der Waals surface area contributed by atoms with Crippen LogP contribution in [0.2, 0.25) is 0 Å². The Morgan fingerprint density at radius 1 is 1.23 bits per heavy atom. The molecule has 0 aromatic rings. The Hall–Kier alpha value is -0.260. The van der Waals surface area contributed by atoms with Crippen molar-refractivity contribution in [2.75, 3.05) is 39.3 Å². The maximum atomic E-state index is 4.89. The average Bonchev–Trinajstić information content (AvgIpc) is 2.74. The Labute approximate surface area is 139 Å². The third-order valence-electron chi connectivity index (χ3n) is 5.81. The molecule has 3 fully saturated rings. The molecule has 3 rings (SSSR count). The number of piperazine rings is 1. The van der Waals surface area contributed by atoms with Gasteiger partial charge in [0.2, 0.25) is 0 Å². The predicted molar refractivity (Wildman–Crippen MR) is 96.8 cm³/mol. The van der Waals surface area contributed by atoms with Crippen molar-refractivity contribution < 1.29 is 0 Å². The monoisotopic (exact) mass is 324 g/mol. The molecule has 0 bridgehead atoms. The molecule has 0 aromatic carbocycles. The van der Waals surface area contributed by atoms with Gasteiger partial charge in [-0.3, -0.25) is 9.89 Å². The highest BCUT2D eigenvalue weighted by molar-refractivity contribution is 8.15. The van der Waals surface area contributed by atoms with Crippen LogP contribution in [0.1, 0.15) is 46.5 Å². The highest BCUT2D eigenvalue weighted by Gasteiger charge is 2.53. The van der Waals surface area contributed by atoms with Gasteiger partial charge in [0.1, 0.15) is 0 Å². The first kappa shape index (κ1) is 16.6. The van der Waals surface area contributed by atoms with Gasteiger partial charge in [0.05, 0.1) is 6.54 Å². The van der Waals surface area contributed by atoms with Crippen molar-refractivity contribution in [2.24, 2.45) is 10.9 Å². The second-order valence-corrected chi connectivity index (χ2v) is 9.18. The van der Waals surface area contributed by atoms with E-state index in [4.69, 9.17) is 4.99 Å². The summed E-state index contributed by atoms with van der Waals surface area (Å²) in [6.07, 6.45) is 5.39. The topological polar surface area (TPSA) is 39.7 Å². The van der Waals surface area contributed by atoms with E-state index in [1.54, 1.807) is 0 Å². The Morgan fingerprint density at radius 3 is 2.59 bits per heavy atom. The highest BCUT2D eigenvalue weighted by Crippen LogP contribution is 2.52. The maximum absolute atomic E-state index is 4.89. The van der Waals surface area contributed by atoms with E-state index in [9.17, 15) is 0 Å². The van der Waals surface area contributed by atoms with Gasteiger partial charge < -0.3 is 10.6 Å². The van der Waals surface area contributed by atoms with Gasteiger partial charge in [0.15, 0.2) is 5.17 Å². The fourth-order valence-corrected chi connectivity index (χ4v) is 5.55. The SMILES string of the molecule is CC1CCC2(CC1)SC(=NCCN1CCNCC1)NC2(C)C. The van der Waals surface area contributed by atoms with E-state index in [1.807, 2.05) is 11.8 Å². The lowest BCUT2D eigenvalue weighted by Gasteiger charge is -2.43. The summed E-state index contributed by atoms with van der Waals surface area (Å²) in [5, 5.41) is 8.32. The Balaban J connectivity index is 1.56. The normalized spacial score (nSPS) is 37.6. The van der Waals surface area contributed by atoms with Gasteiger partial charge in [-0.15, -0.1) is 0 Å². The minimum absolute atomic E-state index is 0.172. The lowest BCUT2D eigenvalue weighted by atomic mass is 9.73. The molecule has 1 aliphatic carbocycles. The van der Waals surface area contributed by atoms with Crippen molar-refractivity contribution in [3.8, 4) is 0 Å². The summed E-state index contributed by atoms with van der Waals surface area (Å²) in [6, 6.07) is 0. The van der Waals surface area contributed by atoms with E-state index in [1.165, 1.54) is 43.9 Å². The van der Waals surface area contributed by atoms with Crippen LogP contribution in [0.4, 0.5) is 0 Å². The van der Waals surface area contributed by atoms with Crippen molar-refractivity contribution in [3.05, 3.63) is 0 Å². The molecule has 126 valence electrons. The van der Waals surface area contributed by atoms with Crippen LogP contribution < -0.4 is 10.6 Å². The number of hydrogen-bond acceptors (Lipinski definition) is 4. The molecule has 2 heterocycles. The van der Waals surface area contributed by atoms with Gasteiger partial charge in [-0.25, -0.2) is 0 Å². The second kappa shape index (κ2) is 6.70. The molecule has 0 radical (unpaired) electrons. The fourth-order valence-electron chi connectivity index (χ4n) is 3.97. The Kier molecular flexibility index (Phi) is 5.05. The minimum atomic E-state index is 0.172. The smallest absolute Gasteiger partial charge is 0.157 e. The standard InChI is InChI=1S/C17H32N4S/c1-14-4-6-17(7-5-14)16(2,3)20-15(22-17)19-10-13-21-11-8-18-9-12-21/h14,18H,4-13H2,1-3H3,(H,19,20). The first-order valence-electron chi connectivity index (χ1n) is 8.95. The molecule has 0 unspecified atom stereocenters. The minimum Gasteiger partial charge on any atom is -0.359 e. The number of nitrogens with one attached hydrogen (secondary N) is 2. The van der Waals surface area contributed by atoms with Crippen LogP contribution in [0.15, 0.2) is 4.99 Å². The van der Waals surface area contributed by atoms with Crippen LogP contribution in [0.5, 0.6) is 0 Å². The molecule has 0 aromatic heterocycles. The molecule has 5 heteroatoms. The number of nitrogens with zero attached hydrogens (tertiary/aromatic N) is 2. The Morgan fingerprint density at radius 2 is 1.91 bits per heavy atom. The van der Waals surface area contributed by atoms with Crippen LogP contribution >= 0.6 is 11.8 Å². The lowest BCUT2D eigenvalue weighted by Crippen LogP contribution is -2.52. The van der Waals surface area contributed by atoms with Crippen molar-refractivity contribution >= 4 is 16.9 Å². The van der Waals surface area contributed by atoms with Crippen LogP contribution in [0, 0.1) is 5.92 Å². The summed E-state index contributed by atoms with van der Waals surface area (Å²) >= 11 is 2.04. The molecule has 3 aliphatic rings. The fraction of sp³-hybridized carbons (Fsp3) is 0.941. The summed E-state index contributed by atoms with van der Waals surface area (Å²) in [5.41, 5.74) is 0.172. The third-order valence-corrected chi connectivity index (χ3v) is 7.55. The van der Waals surface area contributed by atoms with E-state index in [-0.39, 0.29) is 5.54 Å². The van der Waals surface area contributed by atoms with Crippen LogP contribution in [-0.2, 0) is 0 Å². The summed E-state index contributed by atoms with van der Waals surface area (Å²) < 4.78 is 0.368. The molecule has 1 saturated carbocycles. The molecular weight excluding hydrogens is 292 g/mol. The molecule has 0 amide bonds. The maximum Gasteiger partial charge on any atom is 0.157 e. The molecule has 0 atom stereocenters. The molecule has 2 saturated heterocycles. The van der Waals surface area contributed by atoms with E-state index in [0.29, 0.717) is 4.75 Å². The van der Waals surface area contributed by atoms with Crippen molar-refractivity contribution in [2.45, 2.75) is 56.7 Å². The van der Waals surface area contributed by atoms with Gasteiger partial charge >= 0.3 is 0 Å². The molecular formula is C17H32N4S. The van der Waals surface area contributed by atoms with Crippen molar-refractivity contribution in [3.63, 3.8) is 0 Å². The van der Waals surface area contributed by atoms with Crippen LogP contribution in [0.3, 0.4) is 0 Å². The van der Waals surface area contributed by atoms with Crippen LogP contribution in [0.25, 0.3) is 0 Å². The van der Waals surface area contributed by atoms with Gasteiger partial charge in [0, 0.05) is 43.0 Å². The van der Waals surface area contributed by atoms with Crippen molar-refractivity contribution in [1.29, 1.82) is 0 Å². The highest BCUT2D eigenvalue weighted by atomic mass is 32.2. The van der Waals surface area contributed by atoms with Gasteiger partial charge in [-0.2, -0.15) is 0 Å². The second-order valence-electron chi connectivity index (χ2n) is 7.81. The summed E-state index contributed by atoms with van der Waals surface area (Å²) in [4.78, 5) is 7.41. The first-order valence-corrected chi connectivity index (χ1v) is 9.77. The third kappa shape index (κ3) is 3.46. The molecule has 1 spiro atoms. The predicted octanol–water partition coefficient (Wildman–Crippen LogP) is 2.31. The van der Waals surface area contributed by atoms with Gasteiger partial charge in [-0.05, 0) is 45.4 Å². The Bertz CT molecular complexity index is 407. The van der Waals surface area contributed by atoms with Crippen LogP contribution in [-0.4, -0.2) is 59.6 Å². The molecule has 2 aliphatic heterocycles. The van der Waals surface area contributed by atoms with E-state index in [2.05, 4.69) is 36.3 Å². The summed E-state index contributed by atoms with van der Waals surface area (Å²) in [7, 11) is 0. The zero-order chi connectivity index (χ0) is 15.6. The zero-order valence-corrected chi connectivity index (χ0v) is 15.3. The van der Waals surface area contributed by atoms with E-state index >= 15 is 0 Å². The number of rotatable bonds is 3. The number of thioether (sulfide) groups is 1. The van der Waals surface area contributed by atoms with Gasteiger partial charge in [0.25, 0.3) is 0 Å². The van der Waals surface area contributed by atoms with Gasteiger partial charge in [-0.1, -0.05) is 18.7 Å². The average molecular weight is 325 g/mol. The quantitative estimate of drug-likeness (QED) is 0.836. The number of hydrogen-bond donors (Lipinski definition) is 2. The largest absolute Gasteiger partial charge is 0.359 e. The molecule has 22 heavy (non-hydrogen) atoms. The lowest BCUT2D eigenvalue weighted by molar-refractivity contribution is 0.231. The summed E-state index contributed by atoms with van der Waals surface area (Å²) in [6.45, 7) is 13.7. The molecule has 4 nitrogen and oxygen atoms in total. The number of aliphatic imine (C=N–C) groups is 1. The summed E-state index contributed by atoms with van der Waals surface area (Å²) in [5.74, 6) is 0.899. The number of amidine groups is 1. The first-order chi connectivity index (χ1) is 10.5. The molecule has 2 N–H and O–H groups in total. The van der Waals surface area contributed by atoms with Crippen molar-refractivity contribution in [1.82, 2.24) is 15.5 Å². The van der Waals surface area contributed by atoms with E-state index < -0.39 is 0 Å².